The molecule has 0 aliphatic heterocycles. The lowest BCUT2D eigenvalue weighted by Crippen LogP contribution is -2.47. The Morgan fingerprint density at radius 1 is 1.28 bits per heavy atom. The highest BCUT2D eigenvalue weighted by atomic mass is 16.4. The van der Waals surface area contributed by atoms with Crippen molar-refractivity contribution in [3.8, 4) is 0 Å². The molecule has 2 atom stereocenters. The third-order valence-electron chi connectivity index (χ3n) is 2.43. The van der Waals surface area contributed by atoms with Gasteiger partial charge in [-0.25, -0.2) is 4.79 Å². The predicted octanol–water partition coefficient (Wildman–Crippen LogP) is -0.948. The molecule has 0 radical (unpaired) electrons. The Hall–Kier alpha value is -1.63. The lowest BCUT2D eigenvalue weighted by Gasteiger charge is -2.19. The lowest BCUT2D eigenvalue weighted by atomic mass is 9.96. The van der Waals surface area contributed by atoms with Crippen molar-refractivity contribution in [3.63, 3.8) is 0 Å². The molecule has 0 aliphatic carbocycles. The van der Waals surface area contributed by atoms with E-state index in [9.17, 15) is 14.4 Å². The predicted molar refractivity (Wildman–Crippen MR) is 65.4 cm³/mol. The number of amides is 2. The fraction of sp³-hybridized carbons (Fsp3) is 0.727. The van der Waals surface area contributed by atoms with Crippen LogP contribution in [0.25, 0.3) is 0 Å². The molecule has 0 bridgehead atoms. The second-order valence-corrected chi connectivity index (χ2v) is 4.63. The van der Waals surface area contributed by atoms with Crippen molar-refractivity contribution in [2.24, 2.45) is 23.3 Å². The highest BCUT2D eigenvalue weighted by molar-refractivity contribution is 5.88. The molecule has 7 heteroatoms. The normalized spacial score (nSPS) is 14.0. The summed E-state index contributed by atoms with van der Waals surface area (Å²) in [6.45, 7) is 4.01. The molecule has 0 saturated heterocycles. The summed E-state index contributed by atoms with van der Waals surface area (Å²) in [5, 5.41) is 11.1. The van der Waals surface area contributed by atoms with Crippen LogP contribution in [0.1, 0.15) is 26.7 Å². The number of carbonyl (C=O) groups is 3. The van der Waals surface area contributed by atoms with Gasteiger partial charge in [-0.1, -0.05) is 13.8 Å². The van der Waals surface area contributed by atoms with Crippen molar-refractivity contribution in [3.05, 3.63) is 0 Å². The van der Waals surface area contributed by atoms with Crippen LogP contribution in [-0.2, 0) is 14.4 Å². The first kappa shape index (κ1) is 16.4. The van der Waals surface area contributed by atoms with Crippen LogP contribution >= 0.6 is 0 Å². The van der Waals surface area contributed by atoms with Gasteiger partial charge in [-0.05, 0) is 12.3 Å². The molecule has 0 aromatic carbocycles. The first-order valence-electron chi connectivity index (χ1n) is 5.79. The number of nitrogens with two attached hydrogens (primary N) is 2. The highest BCUT2D eigenvalue weighted by Crippen LogP contribution is 2.11. The minimum atomic E-state index is -1.30. The number of carbonyl (C=O) groups excluding carboxylic acids is 2. The maximum Gasteiger partial charge on any atom is 0.326 e. The van der Waals surface area contributed by atoms with Crippen LogP contribution in [0.5, 0.6) is 0 Å². The van der Waals surface area contributed by atoms with Crippen molar-refractivity contribution in [1.82, 2.24) is 5.32 Å². The molecule has 0 saturated carbocycles. The summed E-state index contributed by atoms with van der Waals surface area (Å²) in [4.78, 5) is 33.3. The minimum absolute atomic E-state index is 0.132. The summed E-state index contributed by atoms with van der Waals surface area (Å²) >= 11 is 0. The Morgan fingerprint density at radius 2 is 1.83 bits per heavy atom. The number of primary amides is 1. The van der Waals surface area contributed by atoms with Crippen LogP contribution in [0.15, 0.2) is 0 Å². The Kier molecular flexibility index (Phi) is 6.96. The molecule has 0 aromatic rings. The largest absolute Gasteiger partial charge is 0.480 e. The van der Waals surface area contributed by atoms with Gasteiger partial charge in [-0.2, -0.15) is 0 Å². The van der Waals surface area contributed by atoms with Gasteiger partial charge in [0, 0.05) is 6.54 Å². The molecular weight excluding hydrogens is 238 g/mol. The van der Waals surface area contributed by atoms with E-state index < -0.39 is 36.2 Å². The third kappa shape index (κ3) is 6.19. The standard InChI is InChI=1S/C11H21N3O4/c1-6(2)3-7(5-12)10(16)14-8(11(17)18)4-9(13)15/h6-8H,3-5,12H2,1-2H3,(H2,13,15)(H,14,16)(H,17,18). The van der Waals surface area contributed by atoms with Gasteiger partial charge in [-0.15, -0.1) is 0 Å². The van der Waals surface area contributed by atoms with E-state index >= 15 is 0 Å². The molecule has 0 rings (SSSR count). The van der Waals surface area contributed by atoms with E-state index in [1.807, 2.05) is 13.8 Å². The molecule has 18 heavy (non-hydrogen) atoms. The summed E-state index contributed by atoms with van der Waals surface area (Å²) in [6.07, 6.45) is 0.130. The number of carboxylic acid groups (broad SMARTS) is 1. The smallest absolute Gasteiger partial charge is 0.326 e. The number of hydrogen-bond donors (Lipinski definition) is 4. The summed E-state index contributed by atoms with van der Waals surface area (Å²) in [5.41, 5.74) is 10.4. The number of carboxylic acids is 1. The summed E-state index contributed by atoms with van der Waals surface area (Å²) < 4.78 is 0. The molecule has 0 heterocycles. The highest BCUT2D eigenvalue weighted by Gasteiger charge is 2.26. The van der Waals surface area contributed by atoms with E-state index in [0.717, 1.165) is 0 Å². The van der Waals surface area contributed by atoms with Crippen LogP contribution in [0.3, 0.4) is 0 Å². The molecule has 0 spiro atoms. The first-order valence-corrected chi connectivity index (χ1v) is 5.79. The van der Waals surface area contributed by atoms with Crippen molar-refractivity contribution in [2.45, 2.75) is 32.7 Å². The molecule has 7 nitrogen and oxygen atoms in total. The average molecular weight is 259 g/mol. The number of hydrogen-bond acceptors (Lipinski definition) is 4. The summed E-state index contributed by atoms with van der Waals surface area (Å²) in [7, 11) is 0. The molecule has 6 N–H and O–H groups in total. The SMILES string of the molecule is CC(C)CC(CN)C(=O)NC(CC(N)=O)C(=O)O. The molecule has 0 aromatic heterocycles. The maximum atomic E-state index is 11.8. The Bertz CT molecular complexity index is 317. The van der Waals surface area contributed by atoms with E-state index in [-0.39, 0.29) is 12.5 Å². The van der Waals surface area contributed by atoms with Crippen molar-refractivity contribution in [2.75, 3.05) is 6.54 Å². The van der Waals surface area contributed by atoms with E-state index in [1.54, 1.807) is 0 Å². The van der Waals surface area contributed by atoms with Gasteiger partial charge in [0.15, 0.2) is 0 Å². The Labute approximate surface area is 106 Å². The average Bonchev–Trinajstić information content (AvgIpc) is 2.23. The second-order valence-electron chi connectivity index (χ2n) is 4.63. The van der Waals surface area contributed by atoms with Gasteiger partial charge in [0.1, 0.15) is 6.04 Å². The topological polar surface area (TPSA) is 136 Å². The molecule has 0 fully saturated rings. The van der Waals surface area contributed by atoms with Gasteiger partial charge in [0.25, 0.3) is 0 Å². The Morgan fingerprint density at radius 3 is 2.17 bits per heavy atom. The molecule has 104 valence electrons. The van der Waals surface area contributed by atoms with Gasteiger partial charge in [0.2, 0.25) is 11.8 Å². The maximum absolute atomic E-state index is 11.8. The molecular formula is C11H21N3O4. The van der Waals surface area contributed by atoms with Gasteiger partial charge >= 0.3 is 5.97 Å². The van der Waals surface area contributed by atoms with Crippen LogP contribution in [0.2, 0.25) is 0 Å². The third-order valence-corrected chi connectivity index (χ3v) is 2.43. The minimum Gasteiger partial charge on any atom is -0.480 e. The second kappa shape index (κ2) is 7.65. The molecule has 2 amide bonds. The van der Waals surface area contributed by atoms with E-state index in [0.29, 0.717) is 6.42 Å². The summed E-state index contributed by atoms with van der Waals surface area (Å²) in [5.74, 6) is -2.72. The lowest BCUT2D eigenvalue weighted by molar-refractivity contribution is -0.144. The zero-order chi connectivity index (χ0) is 14.3. The number of aliphatic carboxylic acids is 1. The van der Waals surface area contributed by atoms with Gasteiger partial charge in [-0.3, -0.25) is 9.59 Å². The monoisotopic (exact) mass is 259 g/mol. The van der Waals surface area contributed by atoms with Crippen LogP contribution in [0, 0.1) is 11.8 Å². The van der Waals surface area contributed by atoms with Crippen LogP contribution in [-0.4, -0.2) is 35.5 Å². The summed E-state index contributed by atoms with van der Waals surface area (Å²) in [6, 6.07) is -1.30. The van der Waals surface area contributed by atoms with Gasteiger partial charge < -0.3 is 21.9 Å². The zero-order valence-electron chi connectivity index (χ0n) is 10.7. The zero-order valence-corrected chi connectivity index (χ0v) is 10.7. The van der Waals surface area contributed by atoms with Crippen molar-refractivity contribution in [1.29, 1.82) is 0 Å². The quantitative estimate of drug-likeness (QED) is 0.445. The van der Waals surface area contributed by atoms with Crippen molar-refractivity contribution >= 4 is 17.8 Å². The van der Waals surface area contributed by atoms with E-state index in [1.165, 1.54) is 0 Å². The number of rotatable bonds is 8. The number of nitrogens with one attached hydrogen (secondary N) is 1. The molecule has 2 unspecified atom stereocenters. The first-order chi connectivity index (χ1) is 8.27. The fourth-order valence-corrected chi connectivity index (χ4v) is 1.57. The fourth-order valence-electron chi connectivity index (χ4n) is 1.57. The van der Waals surface area contributed by atoms with E-state index in [2.05, 4.69) is 5.32 Å². The van der Waals surface area contributed by atoms with Crippen molar-refractivity contribution < 1.29 is 19.5 Å². The van der Waals surface area contributed by atoms with Crippen LogP contribution in [0.4, 0.5) is 0 Å². The molecule has 0 aliphatic rings. The van der Waals surface area contributed by atoms with Gasteiger partial charge in [0.05, 0.1) is 12.3 Å². The Balaban J connectivity index is 4.56. The van der Waals surface area contributed by atoms with Crippen LogP contribution < -0.4 is 16.8 Å². The van der Waals surface area contributed by atoms with E-state index in [4.69, 9.17) is 16.6 Å².